The molecule has 0 N–H and O–H groups in total. The summed E-state index contributed by atoms with van der Waals surface area (Å²) in [5.74, 6) is 2.91. The number of imidazole rings is 1. The molecular formula is C29H30ClN5O3. The third-order valence-electron chi connectivity index (χ3n) is 7.50. The van der Waals surface area contributed by atoms with Gasteiger partial charge in [0.2, 0.25) is 5.88 Å². The molecule has 3 aromatic heterocycles. The first kappa shape index (κ1) is 24.9. The molecule has 0 spiro atoms. The molecule has 0 bridgehead atoms. The molecule has 4 aromatic rings. The van der Waals surface area contributed by atoms with Gasteiger partial charge in [0, 0.05) is 36.7 Å². The van der Waals surface area contributed by atoms with Crippen LogP contribution < -0.4 is 4.74 Å². The molecule has 1 aliphatic heterocycles. The van der Waals surface area contributed by atoms with E-state index in [2.05, 4.69) is 19.5 Å². The summed E-state index contributed by atoms with van der Waals surface area (Å²) < 4.78 is 14.1. The Kier molecular flexibility index (Phi) is 7.33. The average Bonchev–Trinajstić information content (AvgIpc) is 3.24. The van der Waals surface area contributed by atoms with Crippen molar-refractivity contribution in [1.29, 1.82) is 0 Å². The van der Waals surface area contributed by atoms with Crippen molar-refractivity contribution in [3.05, 3.63) is 76.6 Å². The largest absolute Gasteiger partial charge is 0.474 e. The minimum atomic E-state index is 0.142. The van der Waals surface area contributed by atoms with E-state index in [0.29, 0.717) is 23.9 Å². The van der Waals surface area contributed by atoms with E-state index < -0.39 is 0 Å². The van der Waals surface area contributed by atoms with Crippen molar-refractivity contribution in [2.75, 3.05) is 6.61 Å². The van der Waals surface area contributed by atoms with Crippen LogP contribution in [0.2, 0.25) is 5.02 Å². The number of carbonyl (C=O) groups is 1. The third kappa shape index (κ3) is 5.71. The van der Waals surface area contributed by atoms with Crippen LogP contribution in [0.15, 0.2) is 48.7 Å². The van der Waals surface area contributed by atoms with Gasteiger partial charge in [-0.15, -0.1) is 0 Å². The fraction of sp³-hybridized carbons (Fsp3) is 0.414. The molecule has 9 heteroatoms. The quantitative estimate of drug-likeness (QED) is 0.272. The van der Waals surface area contributed by atoms with Gasteiger partial charge in [0.1, 0.15) is 29.0 Å². The Morgan fingerprint density at radius 3 is 2.55 bits per heavy atom. The Bertz CT molecular complexity index is 1410. The molecule has 196 valence electrons. The molecule has 8 nitrogen and oxygen atoms in total. The molecule has 4 heterocycles. The highest BCUT2D eigenvalue weighted by atomic mass is 35.5. The SMILES string of the molecule is O=Cc1ccc2nc(CC3CCC(Oc4ccnc(Cc5ccc(Cl)cc5)n4)CC3)n(C[C@@H]3CCO3)c2n1. The zero-order valence-corrected chi connectivity index (χ0v) is 21.9. The van der Waals surface area contributed by atoms with Gasteiger partial charge in [-0.2, -0.15) is 4.98 Å². The van der Waals surface area contributed by atoms with Gasteiger partial charge in [0.25, 0.3) is 0 Å². The third-order valence-corrected chi connectivity index (χ3v) is 7.75. The fourth-order valence-electron chi connectivity index (χ4n) is 5.31. The van der Waals surface area contributed by atoms with Gasteiger partial charge < -0.3 is 14.0 Å². The van der Waals surface area contributed by atoms with Crippen molar-refractivity contribution in [2.45, 2.75) is 63.7 Å². The van der Waals surface area contributed by atoms with Crippen molar-refractivity contribution < 1.29 is 14.3 Å². The van der Waals surface area contributed by atoms with E-state index in [-0.39, 0.29) is 12.2 Å². The van der Waals surface area contributed by atoms with Crippen molar-refractivity contribution in [1.82, 2.24) is 24.5 Å². The molecule has 6 rings (SSSR count). The zero-order chi connectivity index (χ0) is 25.9. The Balaban J connectivity index is 1.08. The molecule has 1 atom stereocenters. The second-order valence-corrected chi connectivity index (χ2v) is 10.6. The number of fused-ring (bicyclic) bond motifs is 1. The van der Waals surface area contributed by atoms with Crippen molar-refractivity contribution in [3.8, 4) is 5.88 Å². The molecule has 0 radical (unpaired) electrons. The molecule has 1 aromatic carbocycles. The summed E-state index contributed by atoms with van der Waals surface area (Å²) in [6, 6.07) is 13.2. The van der Waals surface area contributed by atoms with Gasteiger partial charge in [-0.3, -0.25) is 4.79 Å². The number of rotatable bonds is 9. The van der Waals surface area contributed by atoms with E-state index >= 15 is 0 Å². The molecule has 2 aliphatic rings. The molecule has 2 fully saturated rings. The predicted molar refractivity (Wildman–Crippen MR) is 144 cm³/mol. The maximum atomic E-state index is 11.3. The van der Waals surface area contributed by atoms with E-state index in [1.165, 1.54) is 0 Å². The average molecular weight is 532 g/mol. The number of benzene rings is 1. The topological polar surface area (TPSA) is 92.0 Å². The first-order valence-electron chi connectivity index (χ1n) is 13.3. The van der Waals surface area contributed by atoms with E-state index in [4.69, 9.17) is 26.1 Å². The normalized spacial score (nSPS) is 21.2. The Morgan fingerprint density at radius 1 is 1.00 bits per heavy atom. The highest BCUT2D eigenvalue weighted by Gasteiger charge is 2.27. The summed E-state index contributed by atoms with van der Waals surface area (Å²) >= 11 is 5.99. The standard InChI is InChI=1S/C29H30ClN5O3/c30-21-5-1-19(2-6-21)15-26-31-13-11-28(34-26)38-23-8-3-20(4-9-23)16-27-33-25-10-7-22(18-36)32-29(25)35(27)17-24-12-14-37-24/h1-2,5-7,10-11,13,18,20,23-24H,3-4,8-9,12,14-17H2/t20?,23?,24-/m0/s1. The number of hydrogen-bond donors (Lipinski definition) is 0. The van der Waals surface area contributed by atoms with Crippen molar-refractivity contribution in [3.63, 3.8) is 0 Å². The van der Waals surface area contributed by atoms with Gasteiger partial charge in [-0.1, -0.05) is 23.7 Å². The second-order valence-electron chi connectivity index (χ2n) is 10.2. The maximum absolute atomic E-state index is 11.3. The molecule has 1 aliphatic carbocycles. The number of carbonyl (C=O) groups excluding carboxylic acids is 1. The molecular weight excluding hydrogens is 502 g/mol. The summed E-state index contributed by atoms with van der Waals surface area (Å²) in [4.78, 5) is 29.8. The highest BCUT2D eigenvalue weighted by Crippen LogP contribution is 2.31. The lowest BCUT2D eigenvalue weighted by Gasteiger charge is -2.30. The molecule has 38 heavy (non-hydrogen) atoms. The minimum Gasteiger partial charge on any atom is -0.474 e. The number of nitrogens with zero attached hydrogens (tertiary/aromatic N) is 5. The van der Waals surface area contributed by atoms with E-state index in [1.54, 1.807) is 12.3 Å². The van der Waals surface area contributed by atoms with Gasteiger partial charge in [-0.05, 0) is 67.9 Å². The number of hydrogen-bond acceptors (Lipinski definition) is 7. The van der Waals surface area contributed by atoms with Gasteiger partial charge >= 0.3 is 0 Å². The Hall–Kier alpha value is -3.36. The summed E-state index contributed by atoms with van der Waals surface area (Å²) in [5.41, 5.74) is 3.15. The van der Waals surface area contributed by atoms with Crippen LogP contribution in [0.3, 0.4) is 0 Å². The number of aldehydes is 1. The lowest BCUT2D eigenvalue weighted by Crippen LogP contribution is -2.32. The summed E-state index contributed by atoms with van der Waals surface area (Å²) in [7, 11) is 0. The van der Waals surface area contributed by atoms with Crippen LogP contribution in [0.1, 0.15) is 59.8 Å². The van der Waals surface area contributed by atoms with E-state index in [0.717, 1.165) is 91.4 Å². The van der Waals surface area contributed by atoms with Crippen molar-refractivity contribution >= 4 is 29.1 Å². The van der Waals surface area contributed by atoms with E-state index in [9.17, 15) is 4.79 Å². The Labute approximate surface area is 226 Å². The van der Waals surface area contributed by atoms with Crippen LogP contribution >= 0.6 is 11.6 Å². The van der Waals surface area contributed by atoms with Crippen molar-refractivity contribution in [2.24, 2.45) is 5.92 Å². The number of halogens is 1. The number of ether oxygens (including phenoxy) is 2. The van der Waals surface area contributed by atoms with Crippen LogP contribution in [0.5, 0.6) is 5.88 Å². The number of aromatic nitrogens is 5. The lowest BCUT2D eigenvalue weighted by atomic mass is 9.85. The predicted octanol–water partition coefficient (Wildman–Crippen LogP) is 5.25. The van der Waals surface area contributed by atoms with Gasteiger partial charge in [0.05, 0.1) is 12.6 Å². The first-order valence-corrected chi connectivity index (χ1v) is 13.7. The van der Waals surface area contributed by atoms with Crippen LogP contribution in [0.25, 0.3) is 11.2 Å². The van der Waals surface area contributed by atoms with Gasteiger partial charge in [0.15, 0.2) is 11.9 Å². The number of pyridine rings is 1. The summed E-state index contributed by atoms with van der Waals surface area (Å²) in [5, 5.41) is 0.718. The first-order chi connectivity index (χ1) is 18.6. The van der Waals surface area contributed by atoms with E-state index in [1.807, 2.05) is 36.4 Å². The van der Waals surface area contributed by atoms with Crippen LogP contribution in [-0.4, -0.2) is 49.6 Å². The van der Waals surface area contributed by atoms with Gasteiger partial charge in [-0.25, -0.2) is 15.0 Å². The molecule has 0 amide bonds. The second kappa shape index (κ2) is 11.2. The minimum absolute atomic E-state index is 0.142. The van der Waals surface area contributed by atoms with Crippen LogP contribution in [0, 0.1) is 5.92 Å². The highest BCUT2D eigenvalue weighted by molar-refractivity contribution is 6.30. The smallest absolute Gasteiger partial charge is 0.216 e. The maximum Gasteiger partial charge on any atom is 0.216 e. The molecule has 1 saturated carbocycles. The van der Waals surface area contributed by atoms with Crippen LogP contribution in [-0.2, 0) is 24.1 Å². The van der Waals surface area contributed by atoms with Crippen LogP contribution in [0.4, 0.5) is 0 Å². The molecule has 1 saturated heterocycles. The zero-order valence-electron chi connectivity index (χ0n) is 21.1. The molecule has 0 unspecified atom stereocenters. The summed E-state index contributed by atoms with van der Waals surface area (Å²) in [6.07, 6.45) is 9.50. The lowest BCUT2D eigenvalue weighted by molar-refractivity contribution is -0.0591. The Morgan fingerprint density at radius 2 is 1.82 bits per heavy atom. The summed E-state index contributed by atoms with van der Waals surface area (Å²) in [6.45, 7) is 1.53. The monoisotopic (exact) mass is 531 g/mol. The fourth-order valence-corrected chi connectivity index (χ4v) is 5.43.